The Morgan fingerprint density at radius 1 is 0.800 bits per heavy atom. The van der Waals surface area contributed by atoms with Gasteiger partial charge in [0.25, 0.3) is 0 Å². The number of hydrogen-bond donors (Lipinski definition) is 0. The number of ether oxygens (including phenoxy) is 2. The van der Waals surface area contributed by atoms with Crippen LogP contribution in [0.25, 0.3) is 20.2 Å². The molecule has 2 aliphatic rings. The van der Waals surface area contributed by atoms with Crippen molar-refractivity contribution in [1.29, 1.82) is 0 Å². The molecule has 0 fully saturated rings. The summed E-state index contributed by atoms with van der Waals surface area (Å²) in [5, 5.41) is 6.09. The average molecular weight is 758 g/mol. The van der Waals surface area contributed by atoms with Gasteiger partial charge in [0.2, 0.25) is 11.8 Å². The molecule has 12 heteroatoms. The maximum atomic E-state index is 14.4. The van der Waals surface area contributed by atoms with E-state index in [0.717, 1.165) is 66.6 Å². The van der Waals surface area contributed by atoms with Crippen molar-refractivity contribution in [2.24, 2.45) is 5.92 Å². The lowest BCUT2D eigenvalue weighted by Gasteiger charge is -2.25. The highest BCUT2D eigenvalue weighted by atomic mass is 35.5. The molecule has 8 nitrogen and oxygen atoms in total. The average Bonchev–Trinajstić information content (AvgIpc) is 3.84. The summed E-state index contributed by atoms with van der Waals surface area (Å²) in [4.78, 5) is 56.0. The molecule has 1 unspecified atom stereocenters. The SMILES string of the molecule is CCCCC(CCCC(=O)N1C[C@@H](CCl)c2c1cc(OC(C)=O)c1scc(C)c21)C(=O)N1C[C@@H](CCl)c2c1cc(OC(C)=O)c1scc(C)c21. The minimum atomic E-state index is -0.416. The van der Waals surface area contributed by atoms with Crippen LogP contribution >= 0.6 is 45.9 Å². The van der Waals surface area contributed by atoms with Crippen LogP contribution in [-0.4, -0.2) is 48.6 Å². The Kier molecular flexibility index (Phi) is 11.1. The van der Waals surface area contributed by atoms with E-state index in [2.05, 4.69) is 6.92 Å². The lowest BCUT2D eigenvalue weighted by molar-refractivity contribution is -0.132. The van der Waals surface area contributed by atoms with Crippen molar-refractivity contribution in [3.05, 3.63) is 45.1 Å². The van der Waals surface area contributed by atoms with E-state index in [1.165, 1.54) is 36.5 Å². The number of halogens is 2. The number of aryl methyl sites for hydroxylation is 2. The van der Waals surface area contributed by atoms with Gasteiger partial charge in [-0.1, -0.05) is 19.8 Å². The number of carbonyl (C=O) groups is 4. The van der Waals surface area contributed by atoms with Gasteiger partial charge < -0.3 is 19.3 Å². The highest BCUT2D eigenvalue weighted by Crippen LogP contribution is 2.50. The number of unbranched alkanes of at least 4 members (excludes halogenated alkanes) is 1. The van der Waals surface area contributed by atoms with Crippen LogP contribution in [0, 0.1) is 19.8 Å². The molecule has 0 aliphatic carbocycles. The molecule has 2 aliphatic heterocycles. The maximum absolute atomic E-state index is 14.4. The Morgan fingerprint density at radius 3 is 1.76 bits per heavy atom. The van der Waals surface area contributed by atoms with Crippen molar-refractivity contribution >= 4 is 101 Å². The van der Waals surface area contributed by atoms with Gasteiger partial charge in [-0.3, -0.25) is 19.2 Å². The van der Waals surface area contributed by atoms with Gasteiger partial charge >= 0.3 is 11.9 Å². The molecule has 0 radical (unpaired) electrons. The molecule has 2 aromatic carbocycles. The molecule has 6 rings (SSSR count). The van der Waals surface area contributed by atoms with Crippen molar-refractivity contribution in [3.63, 3.8) is 0 Å². The van der Waals surface area contributed by atoms with Gasteiger partial charge in [0.05, 0.1) is 20.8 Å². The number of esters is 2. The van der Waals surface area contributed by atoms with Crippen molar-refractivity contribution in [1.82, 2.24) is 0 Å². The van der Waals surface area contributed by atoms with Gasteiger partial charge in [-0.2, -0.15) is 0 Å². The van der Waals surface area contributed by atoms with Crippen molar-refractivity contribution < 1.29 is 28.7 Å². The first kappa shape index (κ1) is 36.6. The Hall–Kier alpha value is -3.18. The van der Waals surface area contributed by atoms with Gasteiger partial charge in [0, 0.05) is 85.8 Å². The number of benzene rings is 2. The van der Waals surface area contributed by atoms with Crippen LogP contribution in [0.5, 0.6) is 11.5 Å². The van der Waals surface area contributed by atoms with E-state index in [4.69, 9.17) is 32.7 Å². The normalized spacial score (nSPS) is 17.3. The Labute approximate surface area is 310 Å². The minimum Gasteiger partial charge on any atom is -0.425 e. The molecule has 266 valence electrons. The van der Waals surface area contributed by atoms with E-state index in [9.17, 15) is 19.2 Å². The van der Waals surface area contributed by atoms with Crippen molar-refractivity contribution in [2.75, 3.05) is 34.6 Å². The van der Waals surface area contributed by atoms with Crippen LogP contribution < -0.4 is 19.3 Å². The molecule has 3 atom stereocenters. The van der Waals surface area contributed by atoms with Crippen LogP contribution in [0.2, 0.25) is 0 Å². The molecule has 0 N–H and O–H groups in total. The summed E-state index contributed by atoms with van der Waals surface area (Å²) in [5.74, 6) is 0.389. The molecular formula is C38H42Cl2N2O6S2. The van der Waals surface area contributed by atoms with Crippen LogP contribution in [0.4, 0.5) is 11.4 Å². The zero-order chi connectivity index (χ0) is 35.9. The monoisotopic (exact) mass is 756 g/mol. The Morgan fingerprint density at radius 2 is 1.28 bits per heavy atom. The summed E-state index contributed by atoms with van der Waals surface area (Å²) in [7, 11) is 0. The van der Waals surface area contributed by atoms with E-state index in [0.29, 0.717) is 55.6 Å². The van der Waals surface area contributed by atoms with Crippen molar-refractivity contribution in [3.8, 4) is 11.5 Å². The topological polar surface area (TPSA) is 93.2 Å². The predicted octanol–water partition coefficient (Wildman–Crippen LogP) is 9.60. The van der Waals surface area contributed by atoms with Gasteiger partial charge in [-0.05, 0) is 66.1 Å². The lowest BCUT2D eigenvalue weighted by Crippen LogP contribution is -2.36. The zero-order valence-corrected chi connectivity index (χ0v) is 32.2. The van der Waals surface area contributed by atoms with Crippen LogP contribution in [0.1, 0.15) is 93.4 Å². The van der Waals surface area contributed by atoms with Gasteiger partial charge in [0.15, 0.2) is 11.5 Å². The fraction of sp³-hybridized carbons (Fsp3) is 0.474. The summed E-state index contributed by atoms with van der Waals surface area (Å²) in [6.45, 7) is 9.83. The summed E-state index contributed by atoms with van der Waals surface area (Å²) in [6, 6.07) is 3.63. The maximum Gasteiger partial charge on any atom is 0.308 e. The number of nitrogens with zero attached hydrogens (tertiary/aromatic N) is 2. The number of carbonyl (C=O) groups excluding carboxylic acids is 4. The second-order valence-electron chi connectivity index (χ2n) is 13.4. The number of fused-ring (bicyclic) bond motifs is 6. The van der Waals surface area contributed by atoms with Crippen LogP contribution in [-0.2, 0) is 19.2 Å². The molecule has 0 saturated heterocycles. The molecule has 4 heterocycles. The minimum absolute atomic E-state index is 0.0100. The summed E-state index contributed by atoms with van der Waals surface area (Å²) in [5.41, 5.74) is 5.68. The number of thiophene rings is 2. The molecule has 50 heavy (non-hydrogen) atoms. The first-order valence-corrected chi connectivity index (χ1v) is 20.0. The number of amides is 2. The molecule has 4 aromatic rings. The largest absolute Gasteiger partial charge is 0.425 e. The van der Waals surface area contributed by atoms with Gasteiger partial charge in [-0.15, -0.1) is 45.9 Å². The summed E-state index contributed by atoms with van der Waals surface area (Å²) < 4.78 is 13.0. The third-order valence-corrected chi connectivity index (χ3v) is 12.8. The number of anilines is 2. The molecular weight excluding hydrogens is 715 g/mol. The number of alkyl halides is 2. The zero-order valence-electron chi connectivity index (χ0n) is 29.0. The molecule has 0 saturated carbocycles. The van der Waals surface area contributed by atoms with Gasteiger partial charge in [-0.25, -0.2) is 0 Å². The van der Waals surface area contributed by atoms with E-state index >= 15 is 0 Å². The first-order valence-electron chi connectivity index (χ1n) is 17.2. The quantitative estimate of drug-likeness (QED) is 0.0812. The van der Waals surface area contributed by atoms with Crippen molar-refractivity contribution in [2.45, 2.75) is 85.0 Å². The molecule has 2 aromatic heterocycles. The summed E-state index contributed by atoms with van der Waals surface area (Å²) in [6.07, 6.45) is 3.89. The Bertz CT molecular complexity index is 1990. The first-order chi connectivity index (χ1) is 24.0. The third kappa shape index (κ3) is 6.76. The lowest BCUT2D eigenvalue weighted by atomic mass is 9.94. The second kappa shape index (κ2) is 15.2. The van der Waals surface area contributed by atoms with E-state index in [1.54, 1.807) is 11.0 Å². The van der Waals surface area contributed by atoms with Gasteiger partial charge in [0.1, 0.15) is 0 Å². The highest BCUT2D eigenvalue weighted by Gasteiger charge is 2.39. The van der Waals surface area contributed by atoms with E-state index in [-0.39, 0.29) is 36.0 Å². The molecule has 0 spiro atoms. The fourth-order valence-electron chi connectivity index (χ4n) is 7.66. The molecule has 0 bridgehead atoms. The highest BCUT2D eigenvalue weighted by molar-refractivity contribution is 7.18. The van der Waals surface area contributed by atoms with E-state index in [1.807, 2.05) is 35.6 Å². The van der Waals surface area contributed by atoms with Crippen LogP contribution in [0.15, 0.2) is 22.9 Å². The summed E-state index contributed by atoms with van der Waals surface area (Å²) >= 11 is 16.0. The van der Waals surface area contributed by atoms with Crippen LogP contribution in [0.3, 0.4) is 0 Å². The Balaban J connectivity index is 1.24. The molecule has 2 amide bonds. The predicted molar refractivity (Wildman–Crippen MR) is 204 cm³/mol. The van der Waals surface area contributed by atoms with E-state index < -0.39 is 11.9 Å². The standard InChI is InChI=1S/C38H42Cl2N2O6S2/c1-6-7-9-24(38(46)42-17-26(15-40)35-28(42)13-30(48-23(5)44)37-33(35)21(3)19-50-37)10-8-11-31(45)41-16-25(14-39)34-27(41)12-29(47-22(4)43)36-32(34)20(2)18-49-36/h12-13,18-19,24-26H,6-11,14-17H2,1-5H3/t24?,25-,26-/m1/s1. The second-order valence-corrected chi connectivity index (χ2v) is 15.8. The number of rotatable bonds is 12. The fourth-order valence-corrected chi connectivity index (χ4v) is 10.2. The number of hydrogen-bond acceptors (Lipinski definition) is 8. The third-order valence-electron chi connectivity index (χ3n) is 9.87. The smallest absolute Gasteiger partial charge is 0.308 e.